The maximum absolute atomic E-state index is 13.5. The van der Waals surface area contributed by atoms with Gasteiger partial charge in [-0.15, -0.1) is 11.3 Å². The number of carbonyl (C=O) groups is 2. The second kappa shape index (κ2) is 8.45. The van der Waals surface area contributed by atoms with E-state index in [1.807, 2.05) is 24.3 Å². The predicted molar refractivity (Wildman–Crippen MR) is 104 cm³/mol. The van der Waals surface area contributed by atoms with E-state index in [1.54, 1.807) is 0 Å². The highest BCUT2D eigenvalue weighted by Crippen LogP contribution is 2.35. The summed E-state index contributed by atoms with van der Waals surface area (Å²) in [6.07, 6.45) is 2.73. The summed E-state index contributed by atoms with van der Waals surface area (Å²) in [5.74, 6) is -5.95. The molecule has 0 fully saturated rings. The molecule has 9 heteroatoms. The van der Waals surface area contributed by atoms with Gasteiger partial charge < -0.3 is 10.6 Å². The molecule has 3 rings (SSSR count). The molecule has 28 heavy (non-hydrogen) atoms. The SMILES string of the molecule is O=C(/C=C/c1sc2ccccc2c1Cl)NCC(=O)Nc1ccc(F)c(F)c1F. The summed E-state index contributed by atoms with van der Waals surface area (Å²) in [4.78, 5) is 24.3. The number of amides is 2. The Morgan fingerprint density at radius 2 is 1.82 bits per heavy atom. The van der Waals surface area contributed by atoms with Crippen molar-refractivity contribution in [2.45, 2.75) is 0 Å². The van der Waals surface area contributed by atoms with E-state index in [4.69, 9.17) is 11.6 Å². The lowest BCUT2D eigenvalue weighted by molar-refractivity contribution is -0.121. The van der Waals surface area contributed by atoms with Crippen LogP contribution in [-0.4, -0.2) is 18.4 Å². The summed E-state index contributed by atoms with van der Waals surface area (Å²) >= 11 is 7.68. The molecule has 0 saturated carbocycles. The fourth-order valence-electron chi connectivity index (χ4n) is 2.33. The summed E-state index contributed by atoms with van der Waals surface area (Å²) in [6.45, 7) is -0.484. The Balaban J connectivity index is 1.58. The van der Waals surface area contributed by atoms with Crippen molar-refractivity contribution < 1.29 is 22.8 Å². The van der Waals surface area contributed by atoms with Gasteiger partial charge in [0, 0.05) is 21.0 Å². The normalized spacial score (nSPS) is 11.1. The van der Waals surface area contributed by atoms with E-state index in [-0.39, 0.29) is 0 Å². The minimum Gasteiger partial charge on any atom is -0.343 e. The molecule has 2 amide bonds. The predicted octanol–water partition coefficient (Wildman–Crippen LogP) is 4.74. The van der Waals surface area contributed by atoms with Gasteiger partial charge in [0.15, 0.2) is 17.5 Å². The van der Waals surface area contributed by atoms with Gasteiger partial charge in [-0.25, -0.2) is 13.2 Å². The van der Waals surface area contributed by atoms with Crippen molar-refractivity contribution in [1.82, 2.24) is 5.32 Å². The van der Waals surface area contributed by atoms with Crippen LogP contribution in [-0.2, 0) is 9.59 Å². The van der Waals surface area contributed by atoms with Crippen LogP contribution >= 0.6 is 22.9 Å². The summed E-state index contributed by atoms with van der Waals surface area (Å²) in [5.41, 5.74) is -0.522. The molecule has 0 aliphatic carbocycles. The highest BCUT2D eigenvalue weighted by molar-refractivity contribution is 7.20. The Morgan fingerprint density at radius 1 is 1.07 bits per heavy atom. The number of fused-ring (bicyclic) bond motifs is 1. The molecule has 0 unspecified atom stereocenters. The Morgan fingerprint density at radius 3 is 2.57 bits per heavy atom. The standard InChI is InChI=1S/C19H12ClF3N2O2S/c20-17-10-3-1-2-4-13(10)28-14(17)7-8-15(26)24-9-16(27)25-12-6-5-11(21)18(22)19(12)23/h1-8H,9H2,(H,24,26)(H,25,27)/b8-7+. The lowest BCUT2D eigenvalue weighted by atomic mass is 10.2. The molecule has 0 radical (unpaired) electrons. The van der Waals surface area contributed by atoms with Crippen LogP contribution in [0.25, 0.3) is 16.2 Å². The van der Waals surface area contributed by atoms with E-state index >= 15 is 0 Å². The summed E-state index contributed by atoms with van der Waals surface area (Å²) in [5, 5.41) is 5.76. The van der Waals surface area contributed by atoms with E-state index in [0.29, 0.717) is 16.0 Å². The molecule has 144 valence electrons. The maximum atomic E-state index is 13.5. The highest BCUT2D eigenvalue weighted by Gasteiger charge is 2.15. The monoisotopic (exact) mass is 424 g/mol. The van der Waals surface area contributed by atoms with Crippen molar-refractivity contribution in [3.63, 3.8) is 0 Å². The zero-order chi connectivity index (χ0) is 20.3. The molecule has 4 nitrogen and oxygen atoms in total. The molecule has 0 saturated heterocycles. The Bertz CT molecular complexity index is 1100. The van der Waals surface area contributed by atoms with Crippen LogP contribution in [0.2, 0.25) is 5.02 Å². The quantitative estimate of drug-likeness (QED) is 0.459. The van der Waals surface area contributed by atoms with Gasteiger partial charge in [-0.2, -0.15) is 0 Å². The molecule has 0 aliphatic heterocycles. The molecular formula is C19H12ClF3N2O2S. The molecule has 0 aliphatic rings. The van der Waals surface area contributed by atoms with Crippen LogP contribution in [0.1, 0.15) is 4.88 Å². The number of hydrogen-bond donors (Lipinski definition) is 2. The zero-order valence-electron chi connectivity index (χ0n) is 14.1. The summed E-state index contributed by atoms with van der Waals surface area (Å²) < 4.78 is 40.5. The van der Waals surface area contributed by atoms with E-state index in [2.05, 4.69) is 10.6 Å². The van der Waals surface area contributed by atoms with Gasteiger partial charge in [-0.05, 0) is 24.3 Å². The number of carbonyl (C=O) groups excluding carboxylic acids is 2. The zero-order valence-corrected chi connectivity index (χ0v) is 15.6. The third-order valence-corrected chi connectivity index (χ3v) is 5.33. The van der Waals surface area contributed by atoms with E-state index in [1.165, 1.54) is 23.5 Å². The van der Waals surface area contributed by atoms with E-state index < -0.39 is 41.5 Å². The van der Waals surface area contributed by atoms with Crippen molar-refractivity contribution in [2.24, 2.45) is 0 Å². The number of benzene rings is 2. The minimum atomic E-state index is -1.69. The van der Waals surface area contributed by atoms with Crippen molar-refractivity contribution >= 4 is 56.6 Å². The Labute approximate surface area is 166 Å². The van der Waals surface area contributed by atoms with E-state index in [0.717, 1.165) is 16.2 Å². The topological polar surface area (TPSA) is 58.2 Å². The molecular weight excluding hydrogens is 413 g/mol. The van der Waals surface area contributed by atoms with Crippen molar-refractivity contribution in [3.8, 4) is 0 Å². The molecule has 0 atom stereocenters. The van der Waals surface area contributed by atoms with Crippen LogP contribution in [0.15, 0.2) is 42.5 Å². The lowest BCUT2D eigenvalue weighted by Crippen LogP contribution is -2.32. The largest absolute Gasteiger partial charge is 0.343 e. The van der Waals surface area contributed by atoms with Crippen molar-refractivity contribution in [2.75, 3.05) is 11.9 Å². The van der Waals surface area contributed by atoms with Gasteiger partial charge in [0.2, 0.25) is 11.8 Å². The van der Waals surface area contributed by atoms with Crippen LogP contribution in [0.3, 0.4) is 0 Å². The number of hydrogen-bond acceptors (Lipinski definition) is 3. The van der Waals surface area contributed by atoms with Crippen LogP contribution in [0, 0.1) is 17.5 Å². The van der Waals surface area contributed by atoms with Crippen LogP contribution < -0.4 is 10.6 Å². The highest BCUT2D eigenvalue weighted by atomic mass is 35.5. The minimum absolute atomic E-state index is 0.484. The van der Waals surface area contributed by atoms with Gasteiger partial charge >= 0.3 is 0 Å². The second-order valence-corrected chi connectivity index (χ2v) is 7.06. The van der Waals surface area contributed by atoms with Crippen molar-refractivity contribution in [1.29, 1.82) is 0 Å². The Kier molecular flexibility index (Phi) is 6.01. The maximum Gasteiger partial charge on any atom is 0.244 e. The van der Waals surface area contributed by atoms with Crippen LogP contribution in [0.5, 0.6) is 0 Å². The second-order valence-electron chi connectivity index (χ2n) is 5.60. The number of halogens is 4. The molecule has 1 aromatic heterocycles. The average Bonchev–Trinajstić information content (AvgIpc) is 3.01. The number of anilines is 1. The molecule has 0 bridgehead atoms. The van der Waals surface area contributed by atoms with Gasteiger partial charge in [0.1, 0.15) is 0 Å². The number of thiophene rings is 1. The number of nitrogens with one attached hydrogen (secondary N) is 2. The fraction of sp³-hybridized carbons (Fsp3) is 0.0526. The first-order chi connectivity index (χ1) is 13.4. The third-order valence-electron chi connectivity index (χ3n) is 3.68. The fourth-order valence-corrected chi connectivity index (χ4v) is 3.73. The van der Waals surface area contributed by atoms with Gasteiger partial charge in [0.05, 0.1) is 17.3 Å². The summed E-state index contributed by atoms with van der Waals surface area (Å²) in [7, 11) is 0. The number of rotatable bonds is 5. The van der Waals surface area contributed by atoms with Crippen LogP contribution in [0.4, 0.5) is 18.9 Å². The van der Waals surface area contributed by atoms with Gasteiger partial charge in [-0.3, -0.25) is 9.59 Å². The van der Waals surface area contributed by atoms with E-state index in [9.17, 15) is 22.8 Å². The molecule has 0 spiro atoms. The first-order valence-electron chi connectivity index (χ1n) is 7.93. The molecule has 1 heterocycles. The first-order valence-corrected chi connectivity index (χ1v) is 9.12. The van der Waals surface area contributed by atoms with Crippen molar-refractivity contribution in [3.05, 3.63) is 69.8 Å². The smallest absolute Gasteiger partial charge is 0.244 e. The average molecular weight is 425 g/mol. The van der Waals surface area contributed by atoms with Gasteiger partial charge in [0.25, 0.3) is 0 Å². The first kappa shape index (κ1) is 19.9. The lowest BCUT2D eigenvalue weighted by Gasteiger charge is -2.07. The Hall–Kier alpha value is -2.84. The summed E-state index contributed by atoms with van der Waals surface area (Å²) in [6, 6.07) is 9.08. The van der Waals surface area contributed by atoms with Gasteiger partial charge in [-0.1, -0.05) is 29.8 Å². The molecule has 3 aromatic rings. The molecule has 2 N–H and O–H groups in total. The third kappa shape index (κ3) is 4.35. The molecule has 2 aromatic carbocycles.